The molecule has 0 aromatic carbocycles. The number of aliphatic hydroxyl groups is 1. The Labute approximate surface area is 89.9 Å². The van der Waals surface area contributed by atoms with E-state index in [-0.39, 0.29) is 17.0 Å². The Morgan fingerprint density at radius 3 is 2.67 bits per heavy atom. The Bertz CT molecular complexity index is 404. The largest absolute Gasteiger partial charge is 0.392 e. The fraction of sp³-hybridized carbons (Fsp3) is 0.333. The van der Waals surface area contributed by atoms with Gasteiger partial charge in [-0.25, -0.2) is 8.78 Å². The number of nitriles is 1. The average Bonchev–Trinajstić information content (AvgIpc) is 2.26. The summed E-state index contributed by atoms with van der Waals surface area (Å²) in [5.74, 6) is -0.00753. The van der Waals surface area contributed by atoms with Crippen molar-refractivity contribution in [3.05, 3.63) is 28.6 Å². The zero-order chi connectivity index (χ0) is 11.4. The van der Waals surface area contributed by atoms with Crippen LogP contribution in [-0.2, 0) is 12.5 Å². The van der Waals surface area contributed by atoms with Crippen LogP contribution in [0.1, 0.15) is 28.8 Å². The van der Waals surface area contributed by atoms with E-state index in [1.165, 1.54) is 0 Å². The first kappa shape index (κ1) is 11.8. The van der Waals surface area contributed by atoms with Crippen LogP contribution in [0.3, 0.4) is 0 Å². The summed E-state index contributed by atoms with van der Waals surface area (Å²) >= 11 is 5.51. The lowest BCUT2D eigenvalue weighted by molar-refractivity contribution is 0.141. The van der Waals surface area contributed by atoms with Crippen molar-refractivity contribution in [2.75, 3.05) is 0 Å². The van der Waals surface area contributed by atoms with Gasteiger partial charge in [-0.15, -0.1) is 11.6 Å². The van der Waals surface area contributed by atoms with Crippen molar-refractivity contribution < 1.29 is 13.9 Å². The molecule has 0 radical (unpaired) electrons. The lowest BCUT2D eigenvalue weighted by atomic mass is 10.0. The second-order valence-electron chi connectivity index (χ2n) is 2.73. The number of alkyl halides is 3. The molecule has 0 saturated carbocycles. The maximum Gasteiger partial charge on any atom is 0.280 e. The SMILES string of the molecule is N#Cc1c(CCl)cnc(C(F)F)c1CO. The van der Waals surface area contributed by atoms with Crippen LogP contribution in [0.4, 0.5) is 8.78 Å². The third kappa shape index (κ3) is 2.22. The standard InChI is InChI=1S/C9H7ClF2N2O/c10-1-5-3-14-8(9(11)12)7(4-15)6(5)2-13/h3,9,15H,1,4H2. The van der Waals surface area contributed by atoms with Crippen molar-refractivity contribution in [2.24, 2.45) is 0 Å². The summed E-state index contributed by atoms with van der Waals surface area (Å²) in [6.07, 6.45) is -1.68. The smallest absolute Gasteiger partial charge is 0.280 e. The van der Waals surface area contributed by atoms with Crippen LogP contribution in [-0.4, -0.2) is 10.1 Å². The molecule has 0 amide bonds. The molecule has 0 aliphatic rings. The zero-order valence-electron chi connectivity index (χ0n) is 7.54. The van der Waals surface area contributed by atoms with Crippen molar-refractivity contribution in [3.63, 3.8) is 0 Å². The average molecular weight is 233 g/mol. The minimum Gasteiger partial charge on any atom is -0.392 e. The van der Waals surface area contributed by atoms with Crippen molar-refractivity contribution in [1.29, 1.82) is 5.26 Å². The molecule has 0 bridgehead atoms. The molecule has 15 heavy (non-hydrogen) atoms. The van der Waals surface area contributed by atoms with Gasteiger partial charge >= 0.3 is 0 Å². The van der Waals surface area contributed by atoms with Gasteiger partial charge < -0.3 is 5.11 Å². The summed E-state index contributed by atoms with van der Waals surface area (Å²) in [7, 11) is 0. The van der Waals surface area contributed by atoms with Gasteiger partial charge in [0, 0.05) is 17.3 Å². The predicted octanol–water partition coefficient (Wildman–Crippen LogP) is 2.12. The first-order valence-corrected chi connectivity index (χ1v) is 4.54. The zero-order valence-corrected chi connectivity index (χ0v) is 8.30. The molecule has 1 aromatic heterocycles. The number of rotatable bonds is 3. The van der Waals surface area contributed by atoms with Gasteiger partial charge in [-0.2, -0.15) is 5.26 Å². The van der Waals surface area contributed by atoms with Gasteiger partial charge in [0.15, 0.2) is 0 Å². The molecule has 0 atom stereocenters. The quantitative estimate of drug-likeness (QED) is 0.812. The summed E-state index contributed by atoms with van der Waals surface area (Å²) in [4.78, 5) is 3.48. The monoisotopic (exact) mass is 232 g/mol. The van der Waals surface area contributed by atoms with Crippen LogP contribution in [0.2, 0.25) is 0 Å². The van der Waals surface area contributed by atoms with Crippen LogP contribution in [0.5, 0.6) is 0 Å². The minimum absolute atomic E-state index is 0.00753. The van der Waals surface area contributed by atoms with E-state index < -0.39 is 18.7 Å². The molecule has 0 unspecified atom stereocenters. The molecule has 6 heteroatoms. The number of aromatic nitrogens is 1. The summed E-state index contributed by atoms with van der Waals surface area (Å²) in [6, 6.07) is 1.74. The molecular weight excluding hydrogens is 226 g/mol. The second-order valence-corrected chi connectivity index (χ2v) is 2.99. The highest BCUT2D eigenvalue weighted by molar-refractivity contribution is 6.17. The first-order valence-electron chi connectivity index (χ1n) is 4.01. The molecule has 1 heterocycles. The van der Waals surface area contributed by atoms with Crippen LogP contribution in [0, 0.1) is 11.3 Å². The van der Waals surface area contributed by atoms with Gasteiger partial charge in [0.2, 0.25) is 0 Å². The molecule has 3 nitrogen and oxygen atoms in total. The molecule has 80 valence electrons. The van der Waals surface area contributed by atoms with Crippen molar-refractivity contribution in [1.82, 2.24) is 4.98 Å². The number of hydrogen-bond acceptors (Lipinski definition) is 3. The fourth-order valence-corrected chi connectivity index (χ4v) is 1.40. The Hall–Kier alpha value is -1.25. The highest BCUT2D eigenvalue weighted by atomic mass is 35.5. The molecule has 0 aliphatic carbocycles. The number of halogens is 3. The molecule has 0 spiro atoms. The van der Waals surface area contributed by atoms with Crippen molar-refractivity contribution in [3.8, 4) is 6.07 Å². The van der Waals surface area contributed by atoms with E-state index in [2.05, 4.69) is 4.98 Å². The highest BCUT2D eigenvalue weighted by Crippen LogP contribution is 2.25. The maximum atomic E-state index is 12.5. The van der Waals surface area contributed by atoms with Crippen molar-refractivity contribution >= 4 is 11.6 Å². The summed E-state index contributed by atoms with van der Waals surface area (Å²) in [5, 5.41) is 17.7. The second kappa shape index (κ2) is 5.01. The Morgan fingerprint density at radius 1 is 1.60 bits per heavy atom. The van der Waals surface area contributed by atoms with E-state index in [9.17, 15) is 8.78 Å². The molecule has 1 aromatic rings. The third-order valence-electron chi connectivity index (χ3n) is 1.91. The van der Waals surface area contributed by atoms with Crippen molar-refractivity contribution in [2.45, 2.75) is 18.9 Å². The van der Waals surface area contributed by atoms with E-state index in [1.54, 1.807) is 6.07 Å². The predicted molar refractivity (Wildman–Crippen MR) is 49.4 cm³/mol. The van der Waals surface area contributed by atoms with E-state index in [0.717, 1.165) is 6.20 Å². The van der Waals surface area contributed by atoms with Gasteiger partial charge in [-0.1, -0.05) is 0 Å². The molecule has 1 N–H and O–H groups in total. The molecule has 0 fully saturated rings. The third-order valence-corrected chi connectivity index (χ3v) is 2.20. The minimum atomic E-state index is -2.82. The molecule has 0 saturated heterocycles. The highest BCUT2D eigenvalue weighted by Gasteiger charge is 2.19. The summed E-state index contributed by atoms with van der Waals surface area (Å²) in [6.45, 7) is -0.652. The maximum absolute atomic E-state index is 12.5. The molecular formula is C9H7ClF2N2O. The Kier molecular flexibility index (Phi) is 3.95. The Morgan fingerprint density at radius 2 is 2.27 bits per heavy atom. The van der Waals surface area contributed by atoms with Crippen LogP contribution >= 0.6 is 11.6 Å². The first-order chi connectivity index (χ1) is 7.15. The number of aliphatic hydroxyl groups excluding tert-OH is 1. The lowest BCUT2D eigenvalue weighted by Crippen LogP contribution is -2.04. The molecule has 0 aliphatic heterocycles. The van der Waals surface area contributed by atoms with Gasteiger partial charge in [-0.3, -0.25) is 4.98 Å². The lowest BCUT2D eigenvalue weighted by Gasteiger charge is -2.09. The van der Waals surface area contributed by atoms with E-state index >= 15 is 0 Å². The summed E-state index contributed by atoms with van der Waals surface area (Å²) in [5.41, 5.74) is -0.390. The molecule has 1 rings (SSSR count). The number of nitrogens with zero attached hydrogens (tertiary/aromatic N) is 2. The topological polar surface area (TPSA) is 56.9 Å². The Balaban J connectivity index is 3.43. The normalized spacial score (nSPS) is 10.4. The fourth-order valence-electron chi connectivity index (χ4n) is 1.20. The van der Waals surface area contributed by atoms with Crippen LogP contribution in [0.25, 0.3) is 0 Å². The summed E-state index contributed by atoms with van der Waals surface area (Å²) < 4.78 is 24.9. The van der Waals surface area contributed by atoms with Gasteiger partial charge in [0.05, 0.1) is 24.1 Å². The number of pyridine rings is 1. The van der Waals surface area contributed by atoms with Gasteiger partial charge in [0.1, 0.15) is 5.69 Å². The van der Waals surface area contributed by atoms with Crippen LogP contribution in [0.15, 0.2) is 6.20 Å². The number of hydrogen-bond donors (Lipinski definition) is 1. The van der Waals surface area contributed by atoms with Crippen LogP contribution < -0.4 is 0 Å². The van der Waals surface area contributed by atoms with Gasteiger partial charge in [-0.05, 0) is 0 Å². The van der Waals surface area contributed by atoms with E-state index in [4.69, 9.17) is 22.0 Å². The van der Waals surface area contributed by atoms with Gasteiger partial charge in [0.25, 0.3) is 6.43 Å². The van der Waals surface area contributed by atoms with E-state index in [0.29, 0.717) is 5.56 Å². The van der Waals surface area contributed by atoms with E-state index in [1.807, 2.05) is 0 Å².